The van der Waals surface area contributed by atoms with Gasteiger partial charge in [-0.3, -0.25) is 14.5 Å². The van der Waals surface area contributed by atoms with Crippen LogP contribution in [0.1, 0.15) is 12.5 Å². The monoisotopic (exact) mass is 425 g/mol. The van der Waals surface area contributed by atoms with Crippen molar-refractivity contribution < 1.29 is 18.8 Å². The first-order valence-corrected chi connectivity index (χ1v) is 9.54. The standard InChI is InChI=1S/C22H17ClFN3O3/c1-22(16-8-4-6-13-5-2-3-7-15(13)16)20(29)27(21(30)26-22)12-19(28)25-18-10-9-14(24)11-17(18)23/h2-11H,12H2,1H3,(H,25,28)(H,26,30). The Morgan fingerprint density at radius 3 is 2.63 bits per heavy atom. The molecule has 30 heavy (non-hydrogen) atoms. The van der Waals surface area contributed by atoms with Gasteiger partial charge in [0.1, 0.15) is 17.9 Å². The zero-order valence-corrected chi connectivity index (χ0v) is 16.7. The lowest BCUT2D eigenvalue weighted by molar-refractivity contribution is -0.133. The van der Waals surface area contributed by atoms with Gasteiger partial charge in [0.2, 0.25) is 5.91 Å². The van der Waals surface area contributed by atoms with Gasteiger partial charge in [-0.15, -0.1) is 0 Å². The molecular formula is C22H17ClFN3O3. The summed E-state index contributed by atoms with van der Waals surface area (Å²) in [6.45, 7) is 1.11. The molecule has 0 saturated carbocycles. The zero-order valence-electron chi connectivity index (χ0n) is 15.9. The predicted molar refractivity (Wildman–Crippen MR) is 112 cm³/mol. The maximum atomic E-state index is 13.2. The molecule has 1 heterocycles. The maximum Gasteiger partial charge on any atom is 0.325 e. The van der Waals surface area contributed by atoms with Gasteiger partial charge < -0.3 is 10.6 Å². The molecule has 0 bridgehead atoms. The van der Waals surface area contributed by atoms with E-state index in [-0.39, 0.29) is 10.7 Å². The van der Waals surface area contributed by atoms with Crippen molar-refractivity contribution >= 4 is 45.9 Å². The highest BCUT2D eigenvalue weighted by Gasteiger charge is 2.50. The van der Waals surface area contributed by atoms with Crippen molar-refractivity contribution in [2.45, 2.75) is 12.5 Å². The number of carbonyl (C=O) groups excluding carboxylic acids is 3. The minimum absolute atomic E-state index is 0.0149. The highest BCUT2D eigenvalue weighted by atomic mass is 35.5. The Balaban J connectivity index is 1.58. The molecular weight excluding hydrogens is 409 g/mol. The first kappa shape index (κ1) is 19.8. The summed E-state index contributed by atoms with van der Waals surface area (Å²) in [7, 11) is 0. The van der Waals surface area contributed by atoms with Crippen molar-refractivity contribution in [1.29, 1.82) is 0 Å². The van der Waals surface area contributed by atoms with Gasteiger partial charge in [-0.2, -0.15) is 0 Å². The molecule has 1 atom stereocenters. The lowest BCUT2D eigenvalue weighted by atomic mass is 9.88. The number of nitrogens with one attached hydrogen (secondary N) is 2. The van der Waals surface area contributed by atoms with Gasteiger partial charge in [0, 0.05) is 0 Å². The molecule has 1 fully saturated rings. The van der Waals surface area contributed by atoms with Gasteiger partial charge in [-0.1, -0.05) is 54.1 Å². The van der Waals surface area contributed by atoms with Gasteiger partial charge >= 0.3 is 6.03 Å². The number of imide groups is 1. The first-order chi connectivity index (χ1) is 14.3. The summed E-state index contributed by atoms with van der Waals surface area (Å²) < 4.78 is 13.2. The number of fused-ring (bicyclic) bond motifs is 1. The number of amides is 4. The molecule has 1 aliphatic rings. The quantitative estimate of drug-likeness (QED) is 0.619. The normalized spacial score (nSPS) is 18.6. The van der Waals surface area contributed by atoms with Crippen LogP contribution in [-0.4, -0.2) is 29.3 Å². The van der Waals surface area contributed by atoms with Crippen LogP contribution in [0.15, 0.2) is 60.7 Å². The smallest absolute Gasteiger partial charge is 0.323 e. The van der Waals surface area contributed by atoms with E-state index in [0.29, 0.717) is 5.56 Å². The minimum Gasteiger partial charge on any atom is -0.323 e. The fourth-order valence-corrected chi connectivity index (χ4v) is 3.82. The number of carbonyl (C=O) groups is 3. The van der Waals surface area contributed by atoms with Crippen LogP contribution in [0.4, 0.5) is 14.9 Å². The summed E-state index contributed by atoms with van der Waals surface area (Å²) in [5.41, 5.74) is -0.485. The molecule has 6 nitrogen and oxygen atoms in total. The molecule has 152 valence electrons. The van der Waals surface area contributed by atoms with Crippen molar-refractivity contribution in [3.63, 3.8) is 0 Å². The van der Waals surface area contributed by atoms with E-state index in [9.17, 15) is 18.8 Å². The summed E-state index contributed by atoms with van der Waals surface area (Å²) in [4.78, 5) is 39.0. The third kappa shape index (κ3) is 3.37. The fraction of sp³-hybridized carbons (Fsp3) is 0.136. The Morgan fingerprint density at radius 2 is 1.87 bits per heavy atom. The van der Waals surface area contributed by atoms with E-state index in [1.54, 1.807) is 13.0 Å². The van der Waals surface area contributed by atoms with Gasteiger partial charge in [0.25, 0.3) is 5.91 Å². The molecule has 1 saturated heterocycles. The van der Waals surface area contributed by atoms with Gasteiger partial charge in [0.05, 0.1) is 10.7 Å². The van der Waals surface area contributed by atoms with Gasteiger partial charge in [0.15, 0.2) is 0 Å². The Morgan fingerprint density at radius 1 is 1.13 bits per heavy atom. The molecule has 0 spiro atoms. The average molecular weight is 426 g/mol. The topological polar surface area (TPSA) is 78.5 Å². The van der Waals surface area contributed by atoms with Crippen LogP contribution >= 0.6 is 11.6 Å². The number of benzene rings is 3. The third-order valence-electron chi connectivity index (χ3n) is 5.11. The SMILES string of the molecule is CC1(c2cccc3ccccc23)NC(=O)N(CC(=O)Nc2ccc(F)cc2Cl)C1=O. The van der Waals surface area contributed by atoms with E-state index in [2.05, 4.69) is 10.6 Å². The molecule has 1 unspecified atom stereocenters. The van der Waals surface area contributed by atoms with Gasteiger partial charge in [-0.25, -0.2) is 9.18 Å². The molecule has 0 aromatic heterocycles. The van der Waals surface area contributed by atoms with Crippen LogP contribution in [0.3, 0.4) is 0 Å². The molecule has 3 aromatic carbocycles. The van der Waals surface area contributed by atoms with E-state index in [4.69, 9.17) is 11.6 Å². The van der Waals surface area contributed by atoms with Crippen molar-refractivity contribution in [2.24, 2.45) is 0 Å². The minimum atomic E-state index is -1.31. The highest BCUT2D eigenvalue weighted by molar-refractivity contribution is 6.33. The highest BCUT2D eigenvalue weighted by Crippen LogP contribution is 2.33. The summed E-state index contributed by atoms with van der Waals surface area (Å²) >= 11 is 5.91. The molecule has 2 N–H and O–H groups in total. The largest absolute Gasteiger partial charge is 0.325 e. The second-order valence-corrected chi connectivity index (χ2v) is 7.55. The van der Waals surface area contributed by atoms with Crippen molar-refractivity contribution in [3.05, 3.63) is 77.1 Å². The molecule has 0 radical (unpaired) electrons. The van der Waals surface area contributed by atoms with Crippen molar-refractivity contribution in [1.82, 2.24) is 10.2 Å². The molecule has 3 aromatic rings. The van der Waals surface area contributed by atoms with Gasteiger partial charge in [-0.05, 0) is 41.5 Å². The number of rotatable bonds is 4. The summed E-state index contributed by atoms with van der Waals surface area (Å²) in [6.07, 6.45) is 0. The average Bonchev–Trinajstić information content (AvgIpc) is 2.93. The number of urea groups is 1. The maximum absolute atomic E-state index is 13.2. The second kappa shape index (κ2) is 7.42. The van der Waals surface area contributed by atoms with E-state index >= 15 is 0 Å². The van der Waals surface area contributed by atoms with Crippen LogP contribution in [0.25, 0.3) is 10.8 Å². The van der Waals surface area contributed by atoms with E-state index < -0.39 is 35.7 Å². The zero-order chi connectivity index (χ0) is 21.5. The Bertz CT molecular complexity index is 1190. The molecule has 1 aliphatic heterocycles. The Kier molecular flexibility index (Phi) is 4.91. The predicted octanol–water partition coefficient (Wildman–Crippen LogP) is 4.04. The molecule has 4 rings (SSSR count). The summed E-state index contributed by atoms with van der Waals surface area (Å²) in [6, 6.07) is 15.9. The van der Waals surface area contributed by atoms with Crippen LogP contribution < -0.4 is 10.6 Å². The fourth-order valence-electron chi connectivity index (χ4n) is 3.61. The van der Waals surface area contributed by atoms with Crippen LogP contribution in [-0.2, 0) is 15.1 Å². The Labute approximate surface area is 176 Å². The van der Waals surface area contributed by atoms with Crippen molar-refractivity contribution in [3.8, 4) is 0 Å². The molecule has 0 aliphatic carbocycles. The number of anilines is 1. The third-order valence-corrected chi connectivity index (χ3v) is 5.42. The number of hydrogen-bond donors (Lipinski definition) is 2. The van der Waals surface area contributed by atoms with Crippen LogP contribution in [0.2, 0.25) is 5.02 Å². The lowest BCUT2D eigenvalue weighted by Crippen LogP contribution is -2.42. The lowest BCUT2D eigenvalue weighted by Gasteiger charge is -2.24. The van der Waals surface area contributed by atoms with E-state index in [1.165, 1.54) is 6.07 Å². The number of hydrogen-bond acceptors (Lipinski definition) is 3. The van der Waals surface area contributed by atoms with Crippen LogP contribution in [0.5, 0.6) is 0 Å². The molecule has 8 heteroatoms. The van der Waals surface area contributed by atoms with Crippen LogP contribution in [0, 0.1) is 5.82 Å². The second-order valence-electron chi connectivity index (χ2n) is 7.15. The number of nitrogens with zero attached hydrogens (tertiary/aromatic N) is 1. The number of halogens is 2. The van der Waals surface area contributed by atoms with E-state index in [1.807, 2.05) is 36.4 Å². The summed E-state index contributed by atoms with van der Waals surface area (Å²) in [5.74, 6) is -1.71. The first-order valence-electron chi connectivity index (χ1n) is 9.17. The van der Waals surface area contributed by atoms with E-state index in [0.717, 1.165) is 27.8 Å². The van der Waals surface area contributed by atoms with Crippen molar-refractivity contribution in [2.75, 3.05) is 11.9 Å². The molecule has 4 amide bonds. The Hall–Kier alpha value is -3.45. The summed E-state index contributed by atoms with van der Waals surface area (Å²) in [5, 5.41) is 6.98.